The van der Waals surface area contributed by atoms with Crippen molar-refractivity contribution in [3.63, 3.8) is 0 Å². The molecule has 0 bridgehead atoms. The molecule has 0 saturated heterocycles. The first kappa shape index (κ1) is 27.0. The van der Waals surface area contributed by atoms with Crippen molar-refractivity contribution in [3.05, 3.63) is 47.5 Å². The number of amides is 1. The smallest absolute Gasteiger partial charge is 0.229 e. The molecule has 0 spiro atoms. The van der Waals surface area contributed by atoms with Gasteiger partial charge in [-0.2, -0.15) is 0 Å². The van der Waals surface area contributed by atoms with Crippen LogP contribution in [-0.2, 0) is 14.6 Å². The predicted octanol–water partition coefficient (Wildman–Crippen LogP) is 4.10. The number of aromatic nitrogens is 1. The van der Waals surface area contributed by atoms with Crippen molar-refractivity contribution in [2.75, 3.05) is 44.9 Å². The molecule has 1 amide bonds. The van der Waals surface area contributed by atoms with E-state index in [-0.39, 0.29) is 35.4 Å². The second-order valence-corrected chi connectivity index (χ2v) is 11.1. The molecule has 0 unspecified atom stereocenters. The largest absolute Gasteiger partial charge is 0.494 e. The summed E-state index contributed by atoms with van der Waals surface area (Å²) in [6.45, 7) is 4.93. The summed E-state index contributed by atoms with van der Waals surface area (Å²) < 4.78 is 31.9. The van der Waals surface area contributed by atoms with Crippen LogP contribution in [0, 0.1) is 13.8 Å². The van der Waals surface area contributed by atoms with Gasteiger partial charge in [0.2, 0.25) is 5.91 Å². The molecule has 0 aliphatic rings. The first-order valence-corrected chi connectivity index (χ1v) is 12.8. The van der Waals surface area contributed by atoms with Crippen LogP contribution in [0.1, 0.15) is 17.5 Å². The lowest BCUT2D eigenvalue weighted by Gasteiger charge is -2.22. The zero-order valence-corrected chi connectivity index (χ0v) is 21.9. The molecule has 0 aliphatic carbocycles. The molecule has 10 heteroatoms. The normalized spacial score (nSPS) is 11.5. The van der Waals surface area contributed by atoms with Crippen molar-refractivity contribution < 1.29 is 17.9 Å². The summed E-state index contributed by atoms with van der Waals surface area (Å²) in [5.41, 5.74) is 2.74. The monoisotopic (exact) mass is 511 g/mol. The van der Waals surface area contributed by atoms with Gasteiger partial charge in [0, 0.05) is 19.5 Å². The Hall–Kier alpha value is -2.20. The highest BCUT2D eigenvalue weighted by Gasteiger charge is 2.24. The Morgan fingerprint density at radius 3 is 2.33 bits per heavy atom. The molecule has 1 heterocycles. The van der Waals surface area contributed by atoms with Crippen molar-refractivity contribution in [1.82, 2.24) is 9.88 Å². The Balaban J connectivity index is 0.00000385. The number of aryl methyl sites for hydroxylation is 2. The van der Waals surface area contributed by atoms with Gasteiger partial charge in [-0.05, 0) is 51.7 Å². The maximum Gasteiger partial charge on any atom is 0.229 e. The lowest BCUT2D eigenvalue weighted by Crippen LogP contribution is -2.37. The standard InChI is InChI=1S/C23H29N3O4S2.ClH/c1-16-6-9-18(10-7-16)32(28,29)15-12-20(27)26(14-13-25(3)4)23-24-21-19(30-5)11-8-17(2)22(21)31-23;/h6-11H,12-15H2,1-5H3;1H. The van der Waals surface area contributed by atoms with Crippen LogP contribution in [0.15, 0.2) is 41.3 Å². The number of fused-ring (bicyclic) bond motifs is 1. The number of thiazole rings is 1. The Bertz CT molecular complexity index is 1210. The van der Waals surface area contributed by atoms with Crippen LogP contribution in [-0.4, -0.2) is 64.3 Å². The highest BCUT2D eigenvalue weighted by Crippen LogP contribution is 2.36. The van der Waals surface area contributed by atoms with Gasteiger partial charge in [-0.1, -0.05) is 35.1 Å². The number of nitrogens with zero attached hydrogens (tertiary/aromatic N) is 3. The van der Waals surface area contributed by atoms with Crippen LogP contribution in [0.3, 0.4) is 0 Å². The molecule has 0 atom stereocenters. The Kier molecular flexibility index (Phi) is 9.25. The van der Waals surface area contributed by atoms with Gasteiger partial charge in [-0.15, -0.1) is 12.4 Å². The number of hydrogen-bond donors (Lipinski definition) is 0. The number of benzene rings is 2. The fourth-order valence-corrected chi connectivity index (χ4v) is 5.55. The Morgan fingerprint density at radius 1 is 1.06 bits per heavy atom. The van der Waals surface area contributed by atoms with E-state index in [0.29, 0.717) is 29.5 Å². The molecule has 0 radical (unpaired) electrons. The number of anilines is 1. The number of likely N-dealkylation sites (N-methyl/N-ethyl adjacent to an activating group) is 1. The van der Waals surface area contributed by atoms with Gasteiger partial charge in [-0.3, -0.25) is 9.69 Å². The molecule has 2 aromatic carbocycles. The van der Waals surface area contributed by atoms with Crippen LogP contribution < -0.4 is 9.64 Å². The minimum atomic E-state index is -3.56. The van der Waals surface area contributed by atoms with E-state index in [1.54, 1.807) is 36.3 Å². The first-order chi connectivity index (χ1) is 15.1. The summed E-state index contributed by atoms with van der Waals surface area (Å²) in [7, 11) is 1.89. The van der Waals surface area contributed by atoms with Gasteiger partial charge in [0.25, 0.3) is 0 Å². The van der Waals surface area contributed by atoms with Gasteiger partial charge in [0.15, 0.2) is 15.0 Å². The van der Waals surface area contributed by atoms with E-state index in [2.05, 4.69) is 4.98 Å². The Morgan fingerprint density at radius 2 is 1.73 bits per heavy atom. The molecule has 0 saturated carbocycles. The molecule has 3 rings (SSSR count). The predicted molar refractivity (Wildman–Crippen MR) is 137 cm³/mol. The van der Waals surface area contributed by atoms with E-state index in [9.17, 15) is 13.2 Å². The summed E-state index contributed by atoms with van der Waals surface area (Å²) in [5, 5.41) is 0.548. The zero-order chi connectivity index (χ0) is 23.5. The van der Waals surface area contributed by atoms with Gasteiger partial charge < -0.3 is 9.64 Å². The highest BCUT2D eigenvalue weighted by molar-refractivity contribution is 7.91. The minimum absolute atomic E-state index is 0. The second kappa shape index (κ2) is 11.3. The lowest BCUT2D eigenvalue weighted by molar-refractivity contribution is -0.118. The van der Waals surface area contributed by atoms with Crippen molar-refractivity contribution in [3.8, 4) is 5.75 Å². The minimum Gasteiger partial charge on any atom is -0.494 e. The van der Waals surface area contributed by atoms with Crippen molar-refractivity contribution >= 4 is 54.8 Å². The maximum atomic E-state index is 13.2. The number of carbonyl (C=O) groups excluding carboxylic acids is 1. The van der Waals surface area contributed by atoms with Gasteiger partial charge in [0.1, 0.15) is 11.3 Å². The van der Waals surface area contributed by atoms with E-state index in [1.807, 2.05) is 45.0 Å². The van der Waals surface area contributed by atoms with Crippen molar-refractivity contribution in [2.24, 2.45) is 0 Å². The van der Waals surface area contributed by atoms with E-state index in [1.165, 1.54) is 11.3 Å². The maximum absolute atomic E-state index is 13.2. The van der Waals surface area contributed by atoms with Crippen LogP contribution in [0.25, 0.3) is 10.2 Å². The van der Waals surface area contributed by atoms with E-state index < -0.39 is 9.84 Å². The molecule has 1 aromatic heterocycles. The van der Waals surface area contributed by atoms with Crippen LogP contribution in [0.2, 0.25) is 0 Å². The molecular formula is C23H30ClN3O4S2. The average Bonchev–Trinajstić information content (AvgIpc) is 3.19. The summed E-state index contributed by atoms with van der Waals surface area (Å²) >= 11 is 1.42. The summed E-state index contributed by atoms with van der Waals surface area (Å²) in [6, 6.07) is 10.5. The summed E-state index contributed by atoms with van der Waals surface area (Å²) in [6.07, 6.45) is -0.115. The molecule has 3 aromatic rings. The number of ether oxygens (including phenoxy) is 1. The summed E-state index contributed by atoms with van der Waals surface area (Å²) in [4.78, 5) is 21.7. The average molecular weight is 512 g/mol. The third kappa shape index (κ3) is 6.44. The third-order valence-corrected chi connectivity index (χ3v) is 8.13. The fourth-order valence-electron chi connectivity index (χ4n) is 3.23. The first-order valence-electron chi connectivity index (χ1n) is 10.3. The van der Waals surface area contributed by atoms with E-state index in [0.717, 1.165) is 15.8 Å². The van der Waals surface area contributed by atoms with Crippen LogP contribution >= 0.6 is 23.7 Å². The number of hydrogen-bond acceptors (Lipinski definition) is 7. The topological polar surface area (TPSA) is 79.8 Å². The van der Waals surface area contributed by atoms with Gasteiger partial charge in [0.05, 0.1) is 22.5 Å². The quantitative estimate of drug-likeness (QED) is 0.430. The van der Waals surface area contributed by atoms with E-state index >= 15 is 0 Å². The molecule has 33 heavy (non-hydrogen) atoms. The number of carbonyl (C=O) groups is 1. The molecule has 7 nitrogen and oxygen atoms in total. The van der Waals surface area contributed by atoms with Crippen molar-refractivity contribution in [1.29, 1.82) is 0 Å². The second-order valence-electron chi connectivity index (χ2n) is 7.99. The zero-order valence-electron chi connectivity index (χ0n) is 19.5. The molecular weight excluding hydrogens is 482 g/mol. The van der Waals surface area contributed by atoms with Gasteiger partial charge in [-0.25, -0.2) is 13.4 Å². The third-order valence-electron chi connectivity index (χ3n) is 5.18. The van der Waals surface area contributed by atoms with Crippen LogP contribution in [0.5, 0.6) is 5.75 Å². The van der Waals surface area contributed by atoms with Crippen molar-refractivity contribution in [2.45, 2.75) is 25.2 Å². The van der Waals surface area contributed by atoms with Crippen LogP contribution in [0.4, 0.5) is 5.13 Å². The fraction of sp³-hybridized carbons (Fsp3) is 0.391. The summed E-state index contributed by atoms with van der Waals surface area (Å²) in [5.74, 6) is 0.133. The van der Waals surface area contributed by atoms with Gasteiger partial charge >= 0.3 is 0 Å². The molecule has 180 valence electrons. The number of halogens is 1. The molecule has 0 fully saturated rings. The number of rotatable bonds is 9. The SMILES string of the molecule is COc1ccc(C)c2sc(N(CCN(C)C)C(=O)CCS(=O)(=O)c3ccc(C)cc3)nc12.Cl. The van der Waals surface area contributed by atoms with E-state index in [4.69, 9.17) is 4.74 Å². The lowest BCUT2D eigenvalue weighted by atomic mass is 10.2. The molecule has 0 N–H and O–H groups in total. The molecule has 0 aliphatic heterocycles. The highest BCUT2D eigenvalue weighted by atomic mass is 35.5. The Labute approximate surface area is 205 Å². The number of methoxy groups -OCH3 is 1. The number of sulfone groups is 1.